The first-order chi connectivity index (χ1) is 27.8. The van der Waals surface area contributed by atoms with E-state index < -0.39 is 0 Å². The Labute approximate surface area is 339 Å². The molecule has 1 N–H and O–H groups in total. The monoisotopic (exact) mass is 762 g/mol. The lowest BCUT2D eigenvalue weighted by Crippen LogP contribution is -2.09. The fraction of sp³-hybridized carbons (Fsp3) is 0.353. The van der Waals surface area contributed by atoms with Crippen LogP contribution in [0, 0.1) is 13.8 Å². The maximum atomic E-state index is 11.1. The van der Waals surface area contributed by atoms with Crippen LogP contribution in [0.15, 0.2) is 115 Å². The lowest BCUT2D eigenvalue weighted by molar-refractivity contribution is -0.112. The molecule has 2 aromatic heterocycles. The second kappa shape index (κ2) is 21.4. The number of hydrogen-bond acceptors (Lipinski definition) is 6. The number of aryl methyl sites for hydroxylation is 3. The predicted octanol–water partition coefficient (Wildman–Crippen LogP) is 12.2. The summed E-state index contributed by atoms with van der Waals surface area (Å²) in [6, 6.07) is 36.7. The highest BCUT2D eigenvalue weighted by molar-refractivity contribution is 5.87. The third-order valence-electron chi connectivity index (χ3n) is 10.5. The number of unbranched alkanes of at least 4 members (excludes halogenated alkanes) is 6. The van der Waals surface area contributed by atoms with Crippen LogP contribution in [0.4, 0.5) is 0 Å². The average Bonchev–Trinajstić information content (AvgIpc) is 3.20. The molecule has 0 bridgehead atoms. The maximum Gasteiger partial charge on any atom is 0.155 e. The van der Waals surface area contributed by atoms with Crippen molar-refractivity contribution in [1.82, 2.24) is 9.97 Å². The van der Waals surface area contributed by atoms with Crippen LogP contribution in [0.5, 0.6) is 0 Å². The van der Waals surface area contributed by atoms with E-state index >= 15 is 0 Å². The molecule has 2 heterocycles. The minimum Gasteiger partial charge on any atom is -0.512 e. The van der Waals surface area contributed by atoms with Gasteiger partial charge in [-0.25, -0.2) is 9.97 Å². The van der Waals surface area contributed by atoms with Crippen LogP contribution >= 0.6 is 0 Å². The fourth-order valence-electron chi connectivity index (χ4n) is 7.65. The summed E-state index contributed by atoms with van der Waals surface area (Å²) < 4.78 is 12.0. The molecule has 0 fully saturated rings. The first-order valence-corrected chi connectivity index (χ1v) is 20.8. The fourth-order valence-corrected chi connectivity index (χ4v) is 7.65. The van der Waals surface area contributed by atoms with E-state index in [9.17, 15) is 9.90 Å². The number of hydrogen-bond donors (Lipinski definition) is 1. The molecule has 57 heavy (non-hydrogen) atoms. The van der Waals surface area contributed by atoms with Gasteiger partial charge in [0, 0.05) is 34.4 Å². The largest absolute Gasteiger partial charge is 0.512 e. The van der Waals surface area contributed by atoms with E-state index in [1.54, 1.807) is 0 Å². The lowest BCUT2D eigenvalue weighted by Gasteiger charge is -2.12. The van der Waals surface area contributed by atoms with Gasteiger partial charge in [-0.2, -0.15) is 0 Å². The topological polar surface area (TPSA) is 81.5 Å². The number of carbonyl (C=O) groups excluding carboxylic acids is 1. The highest BCUT2D eigenvalue weighted by Gasteiger charge is 2.10. The van der Waals surface area contributed by atoms with Crippen molar-refractivity contribution in [3.63, 3.8) is 0 Å². The highest BCUT2D eigenvalue weighted by Crippen LogP contribution is 2.28. The second-order valence-corrected chi connectivity index (χ2v) is 15.4. The summed E-state index contributed by atoms with van der Waals surface area (Å²) in [6.07, 6.45) is 12.5. The Balaban J connectivity index is 0.934. The van der Waals surface area contributed by atoms with Crippen molar-refractivity contribution < 1.29 is 19.4 Å². The number of allylic oxidation sites excluding steroid dienone is 2. The lowest BCUT2D eigenvalue weighted by atomic mass is 9.97. The SMILES string of the molecule is CC(=O)C=C(O)CCCCCCCCCc1cc(-c2cc(C)cc(CCOCCOCCc3cc(C)cc(-c4ccc5ccccc5n4)c3)c2)nc2ccccc12. The molecule has 0 radical (unpaired) electrons. The van der Waals surface area contributed by atoms with Crippen molar-refractivity contribution in [2.45, 2.75) is 91.4 Å². The molecular weight excluding hydrogens is 705 g/mol. The number of carbonyl (C=O) groups is 1. The van der Waals surface area contributed by atoms with Gasteiger partial charge in [0.1, 0.15) is 0 Å². The van der Waals surface area contributed by atoms with Crippen LogP contribution in [0.3, 0.4) is 0 Å². The molecule has 0 spiro atoms. The normalized spacial score (nSPS) is 11.8. The zero-order valence-corrected chi connectivity index (χ0v) is 34.1. The molecule has 0 aliphatic rings. The van der Waals surface area contributed by atoms with Gasteiger partial charge in [-0.15, -0.1) is 0 Å². The Bertz CT molecular complexity index is 2280. The molecule has 0 aliphatic carbocycles. The molecule has 6 nitrogen and oxygen atoms in total. The molecule has 0 aliphatic heterocycles. The smallest absolute Gasteiger partial charge is 0.155 e. The van der Waals surface area contributed by atoms with Crippen molar-refractivity contribution in [2.75, 3.05) is 26.4 Å². The van der Waals surface area contributed by atoms with E-state index in [1.165, 1.54) is 65.5 Å². The average molecular weight is 763 g/mol. The molecule has 6 rings (SSSR count). The van der Waals surface area contributed by atoms with E-state index in [-0.39, 0.29) is 11.5 Å². The maximum absolute atomic E-state index is 11.1. The number of pyridine rings is 2. The molecule has 0 saturated carbocycles. The van der Waals surface area contributed by atoms with Crippen LogP contribution in [-0.2, 0) is 33.5 Å². The summed E-state index contributed by atoms with van der Waals surface area (Å²) >= 11 is 0. The standard InChI is InChI=1S/C51H58N2O4/c1-37-29-40(34-44(31-37)49-22-21-42-15-11-13-19-48(42)52-49)23-25-56-27-28-57-26-24-41-30-38(2)32-45(35-41)51-36-43(47-18-12-14-20-50(47)53-51)16-9-7-5-4-6-8-10-17-46(55)33-39(3)54/h11-15,18-22,29-36,55H,4-10,16-17,23-28H2,1-3H3. The highest BCUT2D eigenvalue weighted by atomic mass is 16.5. The van der Waals surface area contributed by atoms with Gasteiger partial charge in [-0.1, -0.05) is 97.8 Å². The molecule has 0 unspecified atom stereocenters. The van der Waals surface area contributed by atoms with Crippen LogP contribution in [0.25, 0.3) is 44.3 Å². The molecule has 6 aromatic rings. The van der Waals surface area contributed by atoms with Crippen molar-refractivity contribution in [1.29, 1.82) is 0 Å². The van der Waals surface area contributed by atoms with Gasteiger partial charge in [0.2, 0.25) is 0 Å². The molecule has 4 aromatic carbocycles. The quantitative estimate of drug-likeness (QED) is 0.0421. The molecule has 0 atom stereocenters. The first kappa shape index (κ1) is 41.5. The third-order valence-corrected chi connectivity index (χ3v) is 10.5. The zero-order valence-electron chi connectivity index (χ0n) is 34.1. The number of ketones is 1. The van der Waals surface area contributed by atoms with Gasteiger partial charge in [-0.3, -0.25) is 4.79 Å². The van der Waals surface area contributed by atoms with E-state index in [2.05, 4.69) is 105 Å². The minimum atomic E-state index is -0.0966. The summed E-state index contributed by atoms with van der Waals surface area (Å²) in [6.45, 7) is 8.19. The number of rotatable bonds is 22. The van der Waals surface area contributed by atoms with Crippen molar-refractivity contribution in [3.05, 3.63) is 143 Å². The number of aliphatic hydroxyl groups is 1. The van der Waals surface area contributed by atoms with Crippen molar-refractivity contribution in [3.8, 4) is 22.5 Å². The summed E-state index contributed by atoms with van der Waals surface area (Å²) in [4.78, 5) is 21.1. The Kier molecular flexibility index (Phi) is 15.6. The number of nitrogens with zero attached hydrogens (tertiary/aromatic N) is 2. The molecule has 6 heteroatoms. The number of aromatic nitrogens is 2. The van der Waals surface area contributed by atoms with E-state index in [0.29, 0.717) is 32.8 Å². The number of fused-ring (bicyclic) bond motifs is 2. The van der Waals surface area contributed by atoms with Gasteiger partial charge in [-0.05, 0) is 118 Å². The zero-order chi connectivity index (χ0) is 39.8. The van der Waals surface area contributed by atoms with Crippen molar-refractivity contribution in [2.24, 2.45) is 0 Å². The Morgan fingerprint density at radius 3 is 1.86 bits per heavy atom. The Morgan fingerprint density at radius 1 is 0.596 bits per heavy atom. The number of ether oxygens (including phenoxy) is 2. The third kappa shape index (κ3) is 12.9. The summed E-state index contributed by atoms with van der Waals surface area (Å²) in [5.41, 5.74) is 12.7. The van der Waals surface area contributed by atoms with Crippen LogP contribution in [0.1, 0.15) is 86.1 Å². The van der Waals surface area contributed by atoms with Crippen LogP contribution in [0.2, 0.25) is 0 Å². The molecular formula is C51H58N2O4. The van der Waals surface area contributed by atoms with E-state index in [0.717, 1.165) is 83.9 Å². The minimum absolute atomic E-state index is 0.0966. The van der Waals surface area contributed by atoms with Gasteiger partial charge >= 0.3 is 0 Å². The summed E-state index contributed by atoms with van der Waals surface area (Å²) in [7, 11) is 0. The predicted molar refractivity (Wildman–Crippen MR) is 235 cm³/mol. The van der Waals surface area contributed by atoms with Crippen molar-refractivity contribution >= 4 is 27.6 Å². The molecule has 296 valence electrons. The summed E-state index contributed by atoms with van der Waals surface area (Å²) in [5.74, 6) is 0.108. The second-order valence-electron chi connectivity index (χ2n) is 15.4. The molecule has 0 saturated heterocycles. The number of para-hydroxylation sites is 2. The van der Waals surface area contributed by atoms with Gasteiger partial charge in [0.25, 0.3) is 0 Å². The first-order valence-electron chi connectivity index (χ1n) is 20.8. The number of benzene rings is 4. The Morgan fingerprint density at radius 2 is 1.18 bits per heavy atom. The van der Waals surface area contributed by atoms with E-state index in [4.69, 9.17) is 19.4 Å². The van der Waals surface area contributed by atoms with Gasteiger partial charge in [0.15, 0.2) is 5.78 Å². The summed E-state index contributed by atoms with van der Waals surface area (Å²) in [5, 5.41) is 12.2. The van der Waals surface area contributed by atoms with Crippen LogP contribution in [-0.4, -0.2) is 47.3 Å². The van der Waals surface area contributed by atoms with Gasteiger partial charge < -0.3 is 14.6 Å². The Hall–Kier alpha value is -5.17. The molecule has 0 amide bonds. The van der Waals surface area contributed by atoms with Crippen LogP contribution < -0.4 is 0 Å². The number of aliphatic hydroxyl groups excluding tert-OH is 1. The van der Waals surface area contributed by atoms with Gasteiger partial charge in [0.05, 0.1) is 54.6 Å². The van der Waals surface area contributed by atoms with E-state index in [1.807, 2.05) is 12.1 Å².